The van der Waals surface area contributed by atoms with Crippen LogP contribution >= 0.6 is 0 Å². The Morgan fingerprint density at radius 3 is 2.30 bits per heavy atom. The van der Waals surface area contributed by atoms with Gasteiger partial charge in [0.15, 0.2) is 0 Å². The predicted octanol–water partition coefficient (Wildman–Crippen LogP) is 5.21. The number of rotatable bonds is 7. The molecule has 0 aliphatic heterocycles. The van der Waals surface area contributed by atoms with Crippen LogP contribution in [0.2, 0.25) is 0 Å². The number of aliphatic carboxylic acids is 1. The molecule has 1 atom stereocenters. The molecular formula is C23H28O4. The number of carbonyl (C=O) groups is 2. The lowest BCUT2D eigenvalue weighted by atomic mass is 9.86. The molecule has 144 valence electrons. The van der Waals surface area contributed by atoms with Crippen LogP contribution < -0.4 is 0 Å². The molecule has 0 aromatic heterocycles. The molecule has 1 N–H and O–H groups in total. The molecule has 0 spiro atoms. The smallest absolute Gasteiger partial charge is 0.310 e. The zero-order valence-corrected chi connectivity index (χ0v) is 16.5. The summed E-state index contributed by atoms with van der Waals surface area (Å²) in [5, 5.41) is 9.70. The van der Waals surface area contributed by atoms with Crippen LogP contribution in [0.4, 0.5) is 0 Å². The maximum absolute atomic E-state index is 12.2. The third-order valence-corrected chi connectivity index (χ3v) is 4.22. The Morgan fingerprint density at radius 2 is 1.74 bits per heavy atom. The summed E-state index contributed by atoms with van der Waals surface area (Å²) in [5.41, 5.74) is 2.86. The van der Waals surface area contributed by atoms with E-state index < -0.39 is 17.5 Å². The first-order chi connectivity index (χ1) is 12.7. The molecular weight excluding hydrogens is 340 g/mol. The van der Waals surface area contributed by atoms with E-state index in [9.17, 15) is 14.7 Å². The van der Waals surface area contributed by atoms with Gasteiger partial charge in [-0.25, -0.2) is 0 Å². The fourth-order valence-corrected chi connectivity index (χ4v) is 3.13. The summed E-state index contributed by atoms with van der Waals surface area (Å²) in [5.74, 6) is -1.69. The van der Waals surface area contributed by atoms with Crippen LogP contribution in [0.3, 0.4) is 0 Å². The fraction of sp³-hybridized carbons (Fsp3) is 0.391. The average Bonchev–Trinajstić information content (AvgIpc) is 2.59. The Morgan fingerprint density at radius 1 is 1.07 bits per heavy atom. The van der Waals surface area contributed by atoms with Crippen molar-refractivity contribution >= 4 is 11.9 Å². The predicted molar refractivity (Wildman–Crippen MR) is 107 cm³/mol. The van der Waals surface area contributed by atoms with Crippen molar-refractivity contribution in [3.05, 3.63) is 59.7 Å². The first-order valence-corrected chi connectivity index (χ1v) is 9.34. The van der Waals surface area contributed by atoms with Gasteiger partial charge in [0, 0.05) is 0 Å². The van der Waals surface area contributed by atoms with Gasteiger partial charge in [-0.1, -0.05) is 61.9 Å². The van der Waals surface area contributed by atoms with Gasteiger partial charge in [0.1, 0.15) is 5.60 Å². The molecule has 1 unspecified atom stereocenters. The summed E-state index contributed by atoms with van der Waals surface area (Å²) in [7, 11) is 0. The third-order valence-electron chi connectivity index (χ3n) is 4.22. The molecule has 0 aliphatic rings. The van der Waals surface area contributed by atoms with Crippen LogP contribution in [0.1, 0.15) is 57.6 Å². The second-order valence-corrected chi connectivity index (χ2v) is 7.73. The monoisotopic (exact) mass is 368 g/mol. The maximum Gasteiger partial charge on any atom is 0.310 e. The molecule has 0 amide bonds. The van der Waals surface area contributed by atoms with Crippen molar-refractivity contribution < 1.29 is 19.4 Å². The van der Waals surface area contributed by atoms with Crippen LogP contribution in [0.15, 0.2) is 48.5 Å². The Balaban J connectivity index is 2.44. The highest BCUT2D eigenvalue weighted by atomic mass is 16.6. The van der Waals surface area contributed by atoms with Gasteiger partial charge in [0.05, 0.1) is 12.3 Å². The van der Waals surface area contributed by atoms with Gasteiger partial charge < -0.3 is 9.84 Å². The van der Waals surface area contributed by atoms with Crippen molar-refractivity contribution in [2.75, 3.05) is 0 Å². The number of carboxylic acids is 1. The van der Waals surface area contributed by atoms with Crippen LogP contribution in [0.5, 0.6) is 0 Å². The second kappa shape index (κ2) is 8.85. The van der Waals surface area contributed by atoms with Crippen molar-refractivity contribution in [1.29, 1.82) is 0 Å². The molecule has 2 aromatic carbocycles. The largest absolute Gasteiger partial charge is 0.481 e. The number of carboxylic acid groups (broad SMARTS) is 1. The van der Waals surface area contributed by atoms with Gasteiger partial charge in [-0.05, 0) is 49.4 Å². The Kier molecular flexibility index (Phi) is 6.78. The average molecular weight is 368 g/mol. The van der Waals surface area contributed by atoms with Crippen LogP contribution in [-0.2, 0) is 20.7 Å². The molecule has 2 rings (SSSR count). The summed E-state index contributed by atoms with van der Waals surface area (Å²) in [6, 6.07) is 15.3. The lowest BCUT2D eigenvalue weighted by molar-refractivity contribution is -0.154. The fourth-order valence-electron chi connectivity index (χ4n) is 3.13. The molecule has 4 heteroatoms. The van der Waals surface area contributed by atoms with Gasteiger partial charge in [0.25, 0.3) is 0 Å². The topological polar surface area (TPSA) is 63.6 Å². The highest BCUT2D eigenvalue weighted by Crippen LogP contribution is 2.33. The number of carbonyl (C=O) groups excluding carboxylic acids is 1. The highest BCUT2D eigenvalue weighted by molar-refractivity contribution is 5.82. The number of benzene rings is 2. The van der Waals surface area contributed by atoms with E-state index in [1.807, 2.05) is 76.2 Å². The van der Waals surface area contributed by atoms with Crippen molar-refractivity contribution in [2.45, 2.75) is 58.5 Å². The summed E-state index contributed by atoms with van der Waals surface area (Å²) >= 11 is 0. The molecule has 0 fully saturated rings. The first kappa shape index (κ1) is 20.7. The number of hydrogen-bond acceptors (Lipinski definition) is 3. The van der Waals surface area contributed by atoms with E-state index in [1.165, 1.54) is 0 Å². The van der Waals surface area contributed by atoms with Crippen LogP contribution in [0.25, 0.3) is 11.1 Å². The molecule has 27 heavy (non-hydrogen) atoms. The van der Waals surface area contributed by atoms with E-state index in [0.717, 1.165) is 28.7 Å². The van der Waals surface area contributed by atoms with E-state index in [-0.39, 0.29) is 12.4 Å². The van der Waals surface area contributed by atoms with Crippen molar-refractivity contribution in [2.24, 2.45) is 0 Å². The lowest BCUT2D eigenvalue weighted by Gasteiger charge is -2.20. The van der Waals surface area contributed by atoms with Gasteiger partial charge >= 0.3 is 11.9 Å². The quantitative estimate of drug-likeness (QED) is 0.682. The molecule has 0 bridgehead atoms. The maximum atomic E-state index is 12.2. The molecule has 0 aliphatic carbocycles. The SMILES string of the molecule is CCCC(C(=O)O)c1ccc(CC(=O)OC(C)(C)C)cc1-c1ccccc1. The second-order valence-electron chi connectivity index (χ2n) is 7.73. The molecule has 0 heterocycles. The van der Waals surface area contributed by atoms with E-state index in [2.05, 4.69) is 0 Å². The normalized spacial score (nSPS) is 12.4. The van der Waals surface area contributed by atoms with Gasteiger partial charge in [-0.15, -0.1) is 0 Å². The summed E-state index contributed by atoms with van der Waals surface area (Å²) in [6.45, 7) is 7.50. The van der Waals surface area contributed by atoms with E-state index in [0.29, 0.717) is 6.42 Å². The molecule has 0 radical (unpaired) electrons. The van der Waals surface area contributed by atoms with E-state index in [4.69, 9.17) is 4.74 Å². The van der Waals surface area contributed by atoms with Gasteiger partial charge in [-0.3, -0.25) is 9.59 Å². The van der Waals surface area contributed by atoms with Crippen molar-refractivity contribution in [3.63, 3.8) is 0 Å². The number of hydrogen-bond donors (Lipinski definition) is 1. The van der Waals surface area contributed by atoms with E-state index in [1.54, 1.807) is 0 Å². The molecule has 0 saturated heterocycles. The standard InChI is InChI=1S/C23H28O4/c1-5-9-19(22(25)26)18-13-12-16(15-21(24)27-23(2,3)4)14-20(18)17-10-7-6-8-11-17/h6-8,10-14,19H,5,9,15H2,1-4H3,(H,25,26). The zero-order valence-electron chi connectivity index (χ0n) is 16.5. The minimum atomic E-state index is -0.825. The summed E-state index contributed by atoms with van der Waals surface area (Å²) in [4.78, 5) is 24.0. The van der Waals surface area contributed by atoms with Crippen LogP contribution in [0, 0.1) is 0 Å². The van der Waals surface area contributed by atoms with Gasteiger partial charge in [-0.2, -0.15) is 0 Å². The molecule has 0 saturated carbocycles. The number of esters is 1. The van der Waals surface area contributed by atoms with Crippen molar-refractivity contribution in [1.82, 2.24) is 0 Å². The number of ether oxygens (including phenoxy) is 1. The zero-order chi connectivity index (χ0) is 20.0. The van der Waals surface area contributed by atoms with Gasteiger partial charge in [0.2, 0.25) is 0 Å². The van der Waals surface area contributed by atoms with E-state index >= 15 is 0 Å². The minimum absolute atomic E-state index is 0.156. The summed E-state index contributed by atoms with van der Waals surface area (Å²) in [6.07, 6.45) is 1.51. The third kappa shape index (κ3) is 5.95. The Bertz CT molecular complexity index is 788. The van der Waals surface area contributed by atoms with Crippen LogP contribution in [-0.4, -0.2) is 22.6 Å². The molecule has 4 nitrogen and oxygen atoms in total. The minimum Gasteiger partial charge on any atom is -0.481 e. The van der Waals surface area contributed by atoms with Crippen molar-refractivity contribution in [3.8, 4) is 11.1 Å². The Labute approximate surface area is 161 Å². The molecule has 2 aromatic rings. The Hall–Kier alpha value is -2.62. The lowest BCUT2D eigenvalue weighted by Crippen LogP contribution is -2.25. The first-order valence-electron chi connectivity index (χ1n) is 9.34. The summed E-state index contributed by atoms with van der Waals surface area (Å²) < 4.78 is 5.41. The highest BCUT2D eigenvalue weighted by Gasteiger charge is 2.23.